The Balaban J connectivity index is 1.45. The summed E-state index contributed by atoms with van der Waals surface area (Å²) in [6.45, 7) is 2.57. The summed E-state index contributed by atoms with van der Waals surface area (Å²) in [6, 6.07) is 13.2. The molecular weight excluding hydrogens is 384 g/mol. The number of likely N-dealkylation sites (tertiary alicyclic amines) is 1. The number of hydrogen-bond donors (Lipinski definition) is 2. The first-order chi connectivity index (χ1) is 14.7. The van der Waals surface area contributed by atoms with E-state index < -0.39 is 5.97 Å². The van der Waals surface area contributed by atoms with Crippen LogP contribution >= 0.6 is 0 Å². The third-order valence-electron chi connectivity index (χ3n) is 5.65. The molecule has 0 bridgehead atoms. The van der Waals surface area contributed by atoms with Gasteiger partial charge >= 0.3 is 5.97 Å². The molecule has 30 heavy (non-hydrogen) atoms. The maximum absolute atomic E-state index is 12.8. The van der Waals surface area contributed by atoms with Crippen LogP contribution in [-0.2, 0) is 9.53 Å². The van der Waals surface area contributed by atoms with Crippen molar-refractivity contribution in [2.45, 2.75) is 25.3 Å². The highest BCUT2D eigenvalue weighted by Gasteiger charge is 2.32. The molecule has 7 nitrogen and oxygen atoms in total. The van der Waals surface area contributed by atoms with E-state index in [1.54, 1.807) is 24.3 Å². The predicted molar refractivity (Wildman–Crippen MR) is 111 cm³/mol. The maximum Gasteiger partial charge on any atom is 0.339 e. The molecule has 0 radical (unpaired) electrons. The molecule has 0 aliphatic carbocycles. The molecule has 0 spiro atoms. The number of hydrogen-bond acceptors (Lipinski definition) is 5. The van der Waals surface area contributed by atoms with Crippen molar-refractivity contribution in [3.05, 3.63) is 53.6 Å². The van der Waals surface area contributed by atoms with Gasteiger partial charge in [0.05, 0.1) is 38.1 Å². The lowest BCUT2D eigenvalue weighted by molar-refractivity contribution is -0.910. The van der Waals surface area contributed by atoms with Crippen molar-refractivity contribution in [1.29, 1.82) is 0 Å². The lowest BCUT2D eigenvalue weighted by Gasteiger charge is -2.22. The molecule has 2 aliphatic rings. The molecule has 1 fully saturated rings. The van der Waals surface area contributed by atoms with Gasteiger partial charge in [0.1, 0.15) is 6.04 Å². The molecule has 1 saturated heterocycles. The Morgan fingerprint density at radius 2 is 1.90 bits per heavy atom. The first-order valence-electron chi connectivity index (χ1n) is 10.4. The first kappa shape index (κ1) is 20.2. The van der Waals surface area contributed by atoms with Crippen LogP contribution in [0, 0.1) is 0 Å². The van der Waals surface area contributed by atoms with Crippen molar-refractivity contribution in [2.75, 3.05) is 38.7 Å². The van der Waals surface area contributed by atoms with Gasteiger partial charge in [-0.2, -0.15) is 0 Å². The van der Waals surface area contributed by atoms with Crippen molar-refractivity contribution in [2.24, 2.45) is 0 Å². The average Bonchev–Trinajstić information content (AvgIpc) is 3.08. The Kier molecular flexibility index (Phi) is 6.18. The van der Waals surface area contributed by atoms with Gasteiger partial charge in [-0.05, 0) is 30.3 Å². The number of esters is 1. The van der Waals surface area contributed by atoms with Gasteiger partial charge in [-0.25, -0.2) is 4.79 Å². The van der Waals surface area contributed by atoms with Crippen LogP contribution in [0.15, 0.2) is 42.5 Å². The minimum atomic E-state index is -0.468. The van der Waals surface area contributed by atoms with Crippen molar-refractivity contribution >= 4 is 17.6 Å². The van der Waals surface area contributed by atoms with Gasteiger partial charge in [0, 0.05) is 24.8 Å². The monoisotopic (exact) mass is 411 g/mol. The van der Waals surface area contributed by atoms with Crippen LogP contribution in [0.5, 0.6) is 11.5 Å². The summed E-state index contributed by atoms with van der Waals surface area (Å²) in [5.41, 5.74) is 1.99. The van der Waals surface area contributed by atoms with Crippen molar-refractivity contribution < 1.29 is 28.7 Å². The lowest BCUT2D eigenvalue weighted by atomic mass is 10.0. The van der Waals surface area contributed by atoms with Crippen LogP contribution in [-0.4, -0.2) is 45.3 Å². The van der Waals surface area contributed by atoms with E-state index in [0.717, 1.165) is 42.9 Å². The highest BCUT2D eigenvalue weighted by Crippen LogP contribution is 2.33. The summed E-state index contributed by atoms with van der Waals surface area (Å²) < 4.78 is 16.4. The SMILES string of the molecule is COC(=O)c1ccccc1NC(=O)C[NH+]1CCC[C@H]1c1ccc2c(c1)OCCCO2. The Bertz CT molecular complexity index is 930. The number of amides is 1. The molecule has 2 aliphatic heterocycles. The second kappa shape index (κ2) is 9.17. The third-order valence-corrected chi connectivity index (χ3v) is 5.65. The van der Waals surface area contributed by atoms with Gasteiger partial charge in [0.2, 0.25) is 0 Å². The number of anilines is 1. The molecule has 4 rings (SSSR count). The molecule has 1 unspecified atom stereocenters. The van der Waals surface area contributed by atoms with Crippen LogP contribution < -0.4 is 19.7 Å². The number of quaternary nitrogens is 1. The van der Waals surface area contributed by atoms with Gasteiger partial charge in [-0.1, -0.05) is 12.1 Å². The molecule has 0 saturated carbocycles. The van der Waals surface area contributed by atoms with E-state index in [4.69, 9.17) is 14.2 Å². The Hall–Kier alpha value is -3.06. The lowest BCUT2D eigenvalue weighted by Crippen LogP contribution is -3.11. The van der Waals surface area contributed by atoms with E-state index in [9.17, 15) is 9.59 Å². The predicted octanol–water partition coefficient (Wildman–Crippen LogP) is 1.99. The van der Waals surface area contributed by atoms with Gasteiger partial charge < -0.3 is 24.4 Å². The van der Waals surface area contributed by atoms with E-state index in [0.29, 0.717) is 31.0 Å². The standard InChI is InChI=1S/C23H26N2O5/c1-28-23(27)17-6-2-3-7-18(17)24-22(26)15-25-11-4-8-19(25)16-9-10-20-21(14-16)30-13-5-12-29-20/h2-3,6-7,9-10,14,19H,4-5,8,11-13,15H2,1H3,(H,24,26)/p+1/t19-/m0/s1. The number of para-hydroxylation sites is 1. The Morgan fingerprint density at radius 1 is 1.10 bits per heavy atom. The summed E-state index contributed by atoms with van der Waals surface area (Å²) in [7, 11) is 1.33. The normalized spacial score (nSPS) is 20.3. The smallest absolute Gasteiger partial charge is 0.339 e. The second-order valence-corrected chi connectivity index (χ2v) is 7.62. The number of benzene rings is 2. The fourth-order valence-corrected chi connectivity index (χ4v) is 4.20. The zero-order chi connectivity index (χ0) is 20.9. The molecule has 158 valence electrons. The van der Waals surface area contributed by atoms with Gasteiger partial charge in [-0.15, -0.1) is 0 Å². The van der Waals surface area contributed by atoms with Crippen LogP contribution in [0.25, 0.3) is 0 Å². The third kappa shape index (κ3) is 4.41. The summed E-state index contributed by atoms with van der Waals surface area (Å²) >= 11 is 0. The first-order valence-corrected chi connectivity index (χ1v) is 10.4. The highest BCUT2D eigenvalue weighted by atomic mass is 16.5. The number of methoxy groups -OCH3 is 1. The fourth-order valence-electron chi connectivity index (χ4n) is 4.20. The Morgan fingerprint density at radius 3 is 2.73 bits per heavy atom. The zero-order valence-electron chi connectivity index (χ0n) is 17.1. The Labute approximate surface area is 175 Å². The van der Waals surface area contributed by atoms with E-state index in [-0.39, 0.29) is 11.9 Å². The summed E-state index contributed by atoms with van der Waals surface area (Å²) in [5.74, 6) is 0.979. The molecule has 7 heteroatoms. The van der Waals surface area contributed by atoms with E-state index in [1.807, 2.05) is 6.07 Å². The number of ether oxygens (including phenoxy) is 3. The van der Waals surface area contributed by atoms with Crippen LogP contribution in [0.2, 0.25) is 0 Å². The molecule has 2 heterocycles. The van der Waals surface area contributed by atoms with E-state index in [2.05, 4.69) is 17.4 Å². The molecule has 2 aromatic carbocycles. The van der Waals surface area contributed by atoms with Crippen molar-refractivity contribution in [1.82, 2.24) is 0 Å². The second-order valence-electron chi connectivity index (χ2n) is 7.62. The van der Waals surface area contributed by atoms with Crippen molar-refractivity contribution in [3.8, 4) is 11.5 Å². The highest BCUT2D eigenvalue weighted by molar-refractivity contribution is 6.01. The van der Waals surface area contributed by atoms with E-state index in [1.165, 1.54) is 12.0 Å². The van der Waals surface area contributed by atoms with Crippen LogP contribution in [0.1, 0.15) is 41.2 Å². The summed E-state index contributed by atoms with van der Waals surface area (Å²) in [5, 5.41) is 2.88. The van der Waals surface area contributed by atoms with Gasteiger partial charge in [-0.3, -0.25) is 4.79 Å². The molecule has 0 aromatic heterocycles. The van der Waals surface area contributed by atoms with Gasteiger partial charge in [0.15, 0.2) is 18.0 Å². The summed E-state index contributed by atoms with van der Waals surface area (Å²) in [6.07, 6.45) is 2.94. The molecule has 2 aromatic rings. The van der Waals surface area contributed by atoms with Gasteiger partial charge in [0.25, 0.3) is 5.91 Å². The molecule has 1 amide bonds. The number of carbonyl (C=O) groups excluding carboxylic acids is 2. The topological polar surface area (TPSA) is 78.3 Å². The average molecular weight is 411 g/mol. The fraction of sp³-hybridized carbons (Fsp3) is 0.391. The minimum Gasteiger partial charge on any atom is -0.490 e. The minimum absolute atomic E-state index is 0.123. The van der Waals surface area contributed by atoms with Crippen molar-refractivity contribution in [3.63, 3.8) is 0 Å². The quantitative estimate of drug-likeness (QED) is 0.736. The summed E-state index contributed by atoms with van der Waals surface area (Å²) in [4.78, 5) is 25.9. The number of nitrogens with one attached hydrogen (secondary N) is 2. The zero-order valence-corrected chi connectivity index (χ0v) is 17.1. The van der Waals surface area contributed by atoms with E-state index >= 15 is 0 Å². The molecule has 2 N–H and O–H groups in total. The number of fused-ring (bicyclic) bond motifs is 1. The molecular formula is C23H27N2O5+. The molecule has 2 atom stereocenters. The largest absolute Gasteiger partial charge is 0.490 e. The van der Waals surface area contributed by atoms with Crippen LogP contribution in [0.3, 0.4) is 0 Å². The number of carbonyl (C=O) groups is 2. The maximum atomic E-state index is 12.8. The number of rotatable bonds is 5. The van der Waals surface area contributed by atoms with Crippen LogP contribution in [0.4, 0.5) is 5.69 Å².